The van der Waals surface area contributed by atoms with Crippen molar-refractivity contribution < 1.29 is 4.79 Å². The van der Waals surface area contributed by atoms with Crippen LogP contribution >= 0.6 is 11.6 Å². The number of Topliss-reactive ketones (excluding diaryl/α,β-unsaturated/α-hetero) is 1. The first kappa shape index (κ1) is 18.2. The normalized spacial score (nSPS) is 17.7. The van der Waals surface area contributed by atoms with Crippen molar-refractivity contribution in [1.82, 2.24) is 14.9 Å². The first-order chi connectivity index (χ1) is 13.1. The Morgan fingerprint density at radius 1 is 1.07 bits per heavy atom. The van der Waals surface area contributed by atoms with Gasteiger partial charge >= 0.3 is 0 Å². The highest BCUT2D eigenvalue weighted by molar-refractivity contribution is 6.30. The fourth-order valence-corrected chi connectivity index (χ4v) is 3.80. The second-order valence-electron chi connectivity index (χ2n) is 7.02. The second kappa shape index (κ2) is 7.82. The van der Waals surface area contributed by atoms with Crippen LogP contribution in [-0.4, -0.2) is 53.4 Å². The molecule has 27 heavy (non-hydrogen) atoms. The molecule has 1 aliphatic heterocycles. The van der Waals surface area contributed by atoms with E-state index >= 15 is 0 Å². The van der Waals surface area contributed by atoms with E-state index in [1.165, 1.54) is 0 Å². The van der Waals surface area contributed by atoms with Gasteiger partial charge in [-0.25, -0.2) is 4.98 Å². The zero-order chi connectivity index (χ0) is 18.8. The number of piperazine rings is 1. The highest BCUT2D eigenvalue weighted by Crippen LogP contribution is 2.30. The quantitative estimate of drug-likeness (QED) is 0.868. The number of nitrogens with one attached hydrogen (secondary N) is 1. The summed E-state index contributed by atoms with van der Waals surface area (Å²) in [5, 5.41) is 4.00. The van der Waals surface area contributed by atoms with Crippen LogP contribution in [0.2, 0.25) is 5.02 Å². The van der Waals surface area contributed by atoms with E-state index < -0.39 is 0 Å². The van der Waals surface area contributed by atoms with Crippen molar-refractivity contribution >= 4 is 34.8 Å². The summed E-state index contributed by atoms with van der Waals surface area (Å²) in [6.45, 7) is 7.08. The molecule has 0 spiro atoms. The molecule has 4 rings (SSSR count). The lowest BCUT2D eigenvalue weighted by molar-refractivity contribution is 0.0972. The number of aromatic nitrogens is 2. The minimum atomic E-state index is 0.120. The molecule has 1 N–H and O–H groups in total. The Bertz CT molecular complexity index is 831. The number of benzene rings is 1. The fourth-order valence-electron chi connectivity index (χ4n) is 3.68. The molecule has 142 valence electrons. The topological polar surface area (TPSA) is 61.4 Å². The van der Waals surface area contributed by atoms with Gasteiger partial charge in [0, 0.05) is 43.3 Å². The molecule has 1 aliphatic carbocycles. The Hall–Kier alpha value is -2.18. The van der Waals surface area contributed by atoms with Crippen LogP contribution in [0.3, 0.4) is 0 Å². The number of ketones is 1. The van der Waals surface area contributed by atoms with Gasteiger partial charge in [0.15, 0.2) is 5.78 Å². The molecule has 1 aromatic carbocycles. The standard InChI is InChI=1S/C20H24ClN5O/c1-2-25-10-12-26(13-11-25)20-23-16-4-3-5-17(27)18(16)19(24-20)22-15-8-6-14(21)7-9-15/h6-9H,2-5,10-13H2,1H3,(H,22,23,24). The lowest BCUT2D eigenvalue weighted by Crippen LogP contribution is -2.47. The molecule has 2 aromatic rings. The maximum atomic E-state index is 12.6. The molecule has 1 fully saturated rings. The molecule has 1 saturated heterocycles. The number of rotatable bonds is 4. The van der Waals surface area contributed by atoms with Gasteiger partial charge in [-0.15, -0.1) is 0 Å². The molecule has 0 unspecified atom stereocenters. The minimum Gasteiger partial charge on any atom is -0.339 e. The highest BCUT2D eigenvalue weighted by atomic mass is 35.5. The third-order valence-electron chi connectivity index (χ3n) is 5.28. The molecule has 1 aromatic heterocycles. The summed E-state index contributed by atoms with van der Waals surface area (Å²) in [4.78, 5) is 26.7. The van der Waals surface area contributed by atoms with Crippen molar-refractivity contribution in [3.05, 3.63) is 40.5 Å². The average Bonchev–Trinajstić information content (AvgIpc) is 2.69. The Labute approximate surface area is 164 Å². The fraction of sp³-hybridized carbons (Fsp3) is 0.450. The van der Waals surface area contributed by atoms with E-state index in [0.29, 0.717) is 22.8 Å². The van der Waals surface area contributed by atoms with Gasteiger partial charge in [-0.2, -0.15) is 4.98 Å². The smallest absolute Gasteiger partial charge is 0.227 e. The molecule has 6 nitrogen and oxygen atoms in total. The van der Waals surface area contributed by atoms with E-state index in [2.05, 4.69) is 22.0 Å². The predicted molar refractivity (Wildman–Crippen MR) is 108 cm³/mol. The summed E-state index contributed by atoms with van der Waals surface area (Å²) in [5.74, 6) is 1.45. The zero-order valence-corrected chi connectivity index (χ0v) is 16.3. The third kappa shape index (κ3) is 3.92. The summed E-state index contributed by atoms with van der Waals surface area (Å²) in [6.07, 6.45) is 2.23. The molecule has 2 aliphatic rings. The number of hydrogen-bond acceptors (Lipinski definition) is 6. The van der Waals surface area contributed by atoms with Crippen LogP contribution < -0.4 is 10.2 Å². The summed E-state index contributed by atoms with van der Waals surface area (Å²) >= 11 is 5.99. The maximum Gasteiger partial charge on any atom is 0.227 e. The number of halogens is 1. The van der Waals surface area contributed by atoms with Gasteiger partial charge in [0.1, 0.15) is 5.82 Å². The van der Waals surface area contributed by atoms with Crippen molar-refractivity contribution in [3.63, 3.8) is 0 Å². The Morgan fingerprint density at radius 2 is 1.81 bits per heavy atom. The van der Waals surface area contributed by atoms with Gasteiger partial charge in [-0.1, -0.05) is 18.5 Å². The molecule has 0 radical (unpaired) electrons. The summed E-state index contributed by atoms with van der Waals surface area (Å²) in [7, 11) is 0. The van der Waals surface area contributed by atoms with E-state index in [0.717, 1.165) is 62.9 Å². The van der Waals surface area contributed by atoms with Gasteiger partial charge < -0.3 is 15.1 Å². The monoisotopic (exact) mass is 385 g/mol. The van der Waals surface area contributed by atoms with Gasteiger partial charge in [-0.3, -0.25) is 4.79 Å². The average molecular weight is 386 g/mol. The first-order valence-corrected chi connectivity index (χ1v) is 9.96. The van der Waals surface area contributed by atoms with Crippen molar-refractivity contribution in [1.29, 1.82) is 0 Å². The van der Waals surface area contributed by atoms with E-state index in [1.54, 1.807) is 0 Å². The number of aryl methyl sites for hydroxylation is 1. The molecule has 0 saturated carbocycles. The van der Waals surface area contributed by atoms with Crippen molar-refractivity contribution in [2.75, 3.05) is 42.9 Å². The van der Waals surface area contributed by atoms with E-state index in [4.69, 9.17) is 21.6 Å². The van der Waals surface area contributed by atoms with Gasteiger partial charge in [0.2, 0.25) is 5.95 Å². The van der Waals surface area contributed by atoms with Gasteiger partial charge in [0.05, 0.1) is 11.3 Å². The number of nitrogens with zero attached hydrogens (tertiary/aromatic N) is 4. The molecule has 7 heteroatoms. The minimum absolute atomic E-state index is 0.120. The van der Waals surface area contributed by atoms with Crippen LogP contribution in [0.15, 0.2) is 24.3 Å². The number of carbonyl (C=O) groups excluding carboxylic acids is 1. The third-order valence-corrected chi connectivity index (χ3v) is 5.53. The SMILES string of the molecule is CCN1CCN(c2nc3c(c(Nc4ccc(Cl)cc4)n2)C(=O)CCC3)CC1. The molecule has 2 heterocycles. The predicted octanol–water partition coefficient (Wildman–Crippen LogP) is 3.53. The molecule has 0 bridgehead atoms. The van der Waals surface area contributed by atoms with Crippen LogP contribution in [0.4, 0.5) is 17.5 Å². The summed E-state index contributed by atoms with van der Waals surface area (Å²) < 4.78 is 0. The van der Waals surface area contributed by atoms with Crippen LogP contribution in [0.1, 0.15) is 35.8 Å². The molecule has 0 amide bonds. The van der Waals surface area contributed by atoms with E-state index in [-0.39, 0.29) is 5.78 Å². The highest BCUT2D eigenvalue weighted by Gasteiger charge is 2.27. The summed E-state index contributed by atoms with van der Waals surface area (Å²) in [6, 6.07) is 7.43. The van der Waals surface area contributed by atoms with Crippen LogP contribution in [-0.2, 0) is 6.42 Å². The van der Waals surface area contributed by atoms with E-state index in [1.807, 2.05) is 24.3 Å². The van der Waals surface area contributed by atoms with Crippen LogP contribution in [0, 0.1) is 0 Å². The largest absolute Gasteiger partial charge is 0.339 e. The Balaban J connectivity index is 1.67. The molecular formula is C20H24ClN5O. The lowest BCUT2D eigenvalue weighted by Gasteiger charge is -2.34. The maximum absolute atomic E-state index is 12.6. The number of carbonyl (C=O) groups is 1. The number of anilines is 3. The van der Waals surface area contributed by atoms with E-state index in [9.17, 15) is 4.79 Å². The van der Waals surface area contributed by atoms with Crippen LogP contribution in [0.5, 0.6) is 0 Å². The van der Waals surface area contributed by atoms with Gasteiger partial charge in [0.25, 0.3) is 0 Å². The number of fused-ring (bicyclic) bond motifs is 1. The number of hydrogen-bond donors (Lipinski definition) is 1. The summed E-state index contributed by atoms with van der Waals surface area (Å²) in [5.41, 5.74) is 2.37. The van der Waals surface area contributed by atoms with Crippen molar-refractivity contribution in [2.45, 2.75) is 26.2 Å². The van der Waals surface area contributed by atoms with Gasteiger partial charge in [-0.05, 0) is 43.7 Å². The lowest BCUT2D eigenvalue weighted by atomic mass is 9.95. The van der Waals surface area contributed by atoms with Crippen molar-refractivity contribution in [3.8, 4) is 0 Å². The zero-order valence-electron chi connectivity index (χ0n) is 15.5. The Morgan fingerprint density at radius 3 is 2.52 bits per heavy atom. The molecular weight excluding hydrogens is 362 g/mol. The molecule has 0 atom stereocenters. The van der Waals surface area contributed by atoms with Crippen molar-refractivity contribution in [2.24, 2.45) is 0 Å². The number of likely N-dealkylation sites (N-methyl/N-ethyl adjacent to an activating group) is 1. The van der Waals surface area contributed by atoms with Crippen LogP contribution in [0.25, 0.3) is 0 Å². The Kier molecular flexibility index (Phi) is 5.27. The second-order valence-corrected chi connectivity index (χ2v) is 7.46. The first-order valence-electron chi connectivity index (χ1n) is 9.58.